The number of nitrogens with zero attached hydrogens (tertiary/aromatic N) is 2. The van der Waals surface area contributed by atoms with Crippen molar-refractivity contribution in [2.45, 2.75) is 37.8 Å². The third-order valence-corrected chi connectivity index (χ3v) is 4.53. The van der Waals surface area contributed by atoms with Crippen molar-refractivity contribution in [1.82, 2.24) is 0 Å². The second kappa shape index (κ2) is 9.51. The van der Waals surface area contributed by atoms with Gasteiger partial charge >= 0.3 is 0 Å². The van der Waals surface area contributed by atoms with Crippen LogP contribution in [0.15, 0.2) is 46.4 Å². The van der Waals surface area contributed by atoms with Gasteiger partial charge in [0.15, 0.2) is 0 Å². The molecule has 0 saturated heterocycles. The minimum Gasteiger partial charge on any atom is -0.508 e. The summed E-state index contributed by atoms with van der Waals surface area (Å²) in [6, 6.07) is 8.79. The van der Waals surface area contributed by atoms with E-state index in [0.717, 1.165) is 25.7 Å². The summed E-state index contributed by atoms with van der Waals surface area (Å²) in [5, 5.41) is 38.4. The first-order chi connectivity index (χ1) is 12.5. The molecule has 2 aromatic rings. The van der Waals surface area contributed by atoms with Crippen molar-refractivity contribution >= 4 is 12.4 Å². The first-order valence-electron chi connectivity index (χ1n) is 8.63. The van der Waals surface area contributed by atoms with Crippen LogP contribution in [-0.2, 0) is 19.5 Å². The van der Waals surface area contributed by atoms with Crippen LogP contribution in [0.25, 0.3) is 0 Å². The van der Waals surface area contributed by atoms with E-state index in [4.69, 9.17) is 0 Å². The zero-order valence-electron chi connectivity index (χ0n) is 15.0. The van der Waals surface area contributed by atoms with E-state index in [1.54, 1.807) is 24.6 Å². The molecule has 7 heteroatoms. The molecule has 6 nitrogen and oxygen atoms in total. The normalized spacial score (nSPS) is 20.0. The molecule has 0 aromatic heterocycles. The summed E-state index contributed by atoms with van der Waals surface area (Å²) in [5.74, 6) is -0.0146. The summed E-state index contributed by atoms with van der Waals surface area (Å²) in [6.45, 7) is 0. The zero-order chi connectivity index (χ0) is 18.5. The van der Waals surface area contributed by atoms with Crippen LogP contribution < -0.4 is 0 Å². The molecular weight excluding hydrogens is 398 g/mol. The Hall–Kier alpha value is -2.40. The van der Waals surface area contributed by atoms with Crippen LogP contribution in [0, 0.1) is 0 Å². The van der Waals surface area contributed by atoms with Gasteiger partial charge in [0, 0.05) is 55.2 Å². The molecule has 2 atom stereocenters. The van der Waals surface area contributed by atoms with E-state index in [9.17, 15) is 20.4 Å². The third kappa shape index (κ3) is 5.54. The Morgan fingerprint density at radius 3 is 1.48 bits per heavy atom. The molecule has 0 heterocycles. The SMILES string of the molecule is Oc1ccc(C=NC2CCCCC2N=Cc2ccc(O)cc2O)c(O)c1.[Zn]. The average molecular weight is 420 g/mol. The Bertz CT molecular complexity index is 769. The number of benzene rings is 2. The van der Waals surface area contributed by atoms with Gasteiger partial charge in [-0.25, -0.2) is 0 Å². The topological polar surface area (TPSA) is 106 Å². The second-order valence-corrected chi connectivity index (χ2v) is 6.46. The van der Waals surface area contributed by atoms with Gasteiger partial charge in [0.2, 0.25) is 0 Å². The number of hydrogen-bond acceptors (Lipinski definition) is 6. The average Bonchev–Trinajstić information content (AvgIpc) is 2.61. The van der Waals surface area contributed by atoms with Crippen LogP contribution >= 0.6 is 0 Å². The molecular formula is C20H22N2O4Zn. The van der Waals surface area contributed by atoms with E-state index >= 15 is 0 Å². The van der Waals surface area contributed by atoms with E-state index < -0.39 is 0 Å². The number of aliphatic imine (C=N–C) groups is 2. The Morgan fingerprint density at radius 2 is 1.11 bits per heavy atom. The van der Waals surface area contributed by atoms with Gasteiger partial charge in [-0.05, 0) is 37.1 Å². The summed E-state index contributed by atoms with van der Waals surface area (Å²) in [4.78, 5) is 9.18. The van der Waals surface area contributed by atoms with Crippen molar-refractivity contribution in [1.29, 1.82) is 0 Å². The molecule has 27 heavy (non-hydrogen) atoms. The maximum Gasteiger partial charge on any atom is 0.128 e. The molecule has 138 valence electrons. The van der Waals surface area contributed by atoms with E-state index in [-0.39, 0.29) is 54.6 Å². The van der Waals surface area contributed by atoms with Gasteiger partial charge in [0.05, 0.1) is 12.1 Å². The van der Waals surface area contributed by atoms with Crippen LogP contribution in [0.2, 0.25) is 0 Å². The molecule has 3 rings (SSSR count). The number of phenols is 4. The van der Waals surface area contributed by atoms with Crippen molar-refractivity contribution in [2.24, 2.45) is 9.98 Å². The molecule has 0 spiro atoms. The fourth-order valence-electron chi connectivity index (χ4n) is 3.07. The van der Waals surface area contributed by atoms with Crippen molar-refractivity contribution in [3.8, 4) is 23.0 Å². The van der Waals surface area contributed by atoms with Crippen molar-refractivity contribution < 1.29 is 39.9 Å². The van der Waals surface area contributed by atoms with E-state index in [2.05, 4.69) is 9.98 Å². The maximum atomic E-state index is 9.86. The molecule has 2 unspecified atom stereocenters. The van der Waals surface area contributed by atoms with Gasteiger partial charge in [-0.1, -0.05) is 12.8 Å². The Balaban J connectivity index is 0.00000261. The van der Waals surface area contributed by atoms with Crippen LogP contribution in [0.4, 0.5) is 0 Å². The smallest absolute Gasteiger partial charge is 0.128 e. The Labute approximate surface area is 170 Å². The number of aromatic hydroxyl groups is 4. The van der Waals surface area contributed by atoms with Gasteiger partial charge in [-0.2, -0.15) is 0 Å². The summed E-state index contributed by atoms with van der Waals surface area (Å²) >= 11 is 0. The summed E-state index contributed by atoms with van der Waals surface area (Å²) < 4.78 is 0. The quantitative estimate of drug-likeness (QED) is 0.450. The van der Waals surface area contributed by atoms with E-state index in [1.807, 2.05) is 0 Å². The minimum atomic E-state index is -0.0152. The predicted molar refractivity (Wildman–Crippen MR) is 101 cm³/mol. The van der Waals surface area contributed by atoms with Gasteiger partial charge < -0.3 is 20.4 Å². The van der Waals surface area contributed by atoms with Crippen LogP contribution in [0.3, 0.4) is 0 Å². The van der Waals surface area contributed by atoms with Crippen LogP contribution in [0.1, 0.15) is 36.8 Å². The number of phenolic OH excluding ortho intramolecular Hbond substituents is 4. The molecule has 1 aliphatic carbocycles. The van der Waals surface area contributed by atoms with Gasteiger partial charge in [-0.15, -0.1) is 0 Å². The number of rotatable bonds is 4. The Kier molecular flexibility index (Phi) is 7.37. The van der Waals surface area contributed by atoms with Crippen molar-refractivity contribution in [3.05, 3.63) is 47.5 Å². The standard InChI is InChI=1S/C20H22N2O4.Zn/c23-15-7-5-13(19(25)9-15)11-21-17-3-1-2-4-18(17)22-12-14-6-8-16(24)10-20(14)26;/h5-12,17-18,23-26H,1-4H2;. The molecule has 0 amide bonds. The second-order valence-electron chi connectivity index (χ2n) is 6.46. The Morgan fingerprint density at radius 1 is 0.704 bits per heavy atom. The van der Waals surface area contributed by atoms with Crippen molar-refractivity contribution in [3.63, 3.8) is 0 Å². The summed E-state index contributed by atoms with van der Waals surface area (Å²) in [5.41, 5.74) is 1.10. The first kappa shape index (κ1) is 20.9. The molecule has 0 aliphatic heterocycles. The third-order valence-electron chi connectivity index (χ3n) is 4.53. The van der Waals surface area contributed by atoms with Crippen LogP contribution in [-0.4, -0.2) is 44.9 Å². The summed E-state index contributed by atoms with van der Waals surface area (Å²) in [7, 11) is 0. The van der Waals surface area contributed by atoms with Gasteiger partial charge in [-0.3, -0.25) is 9.98 Å². The monoisotopic (exact) mass is 418 g/mol. The fraction of sp³-hybridized carbons (Fsp3) is 0.300. The predicted octanol–water partition coefficient (Wildman–Crippen LogP) is 3.36. The number of hydrogen-bond donors (Lipinski definition) is 4. The van der Waals surface area contributed by atoms with Crippen LogP contribution in [0.5, 0.6) is 23.0 Å². The van der Waals surface area contributed by atoms with Crippen molar-refractivity contribution in [2.75, 3.05) is 0 Å². The van der Waals surface area contributed by atoms with Gasteiger partial charge in [0.1, 0.15) is 23.0 Å². The minimum absolute atomic E-state index is 0. The largest absolute Gasteiger partial charge is 0.508 e. The van der Waals surface area contributed by atoms with E-state index in [1.165, 1.54) is 24.3 Å². The summed E-state index contributed by atoms with van der Waals surface area (Å²) in [6.07, 6.45) is 7.18. The molecule has 4 N–H and O–H groups in total. The fourth-order valence-corrected chi connectivity index (χ4v) is 3.07. The molecule has 1 saturated carbocycles. The van der Waals surface area contributed by atoms with E-state index in [0.29, 0.717) is 11.1 Å². The van der Waals surface area contributed by atoms with Gasteiger partial charge in [0.25, 0.3) is 0 Å². The molecule has 0 radical (unpaired) electrons. The molecule has 2 aromatic carbocycles. The maximum absolute atomic E-state index is 9.86. The zero-order valence-corrected chi connectivity index (χ0v) is 18.0. The molecule has 1 aliphatic rings. The first-order valence-corrected chi connectivity index (χ1v) is 8.63. The molecule has 0 bridgehead atoms. The molecule has 1 fully saturated rings.